The average molecular weight is 244 g/mol. The Bertz CT molecular complexity index is 556. The summed E-state index contributed by atoms with van der Waals surface area (Å²) < 4.78 is 5.49. The number of ether oxygens (including phenoxy) is 1. The Morgan fingerprint density at radius 3 is 3.17 bits per heavy atom. The van der Waals surface area contributed by atoms with E-state index in [0.717, 1.165) is 30.4 Å². The first-order valence-corrected chi connectivity index (χ1v) is 6.30. The maximum absolute atomic E-state index is 12.1. The van der Waals surface area contributed by atoms with E-state index in [-0.39, 0.29) is 12.0 Å². The molecule has 0 saturated carbocycles. The fourth-order valence-corrected chi connectivity index (χ4v) is 2.37. The number of carbonyl (C=O) groups is 1. The monoisotopic (exact) mass is 244 g/mol. The number of hydrogen-bond acceptors (Lipinski definition) is 2. The van der Waals surface area contributed by atoms with E-state index in [2.05, 4.69) is 10.3 Å². The number of hydrogen-bond donors (Lipinski definition) is 2. The van der Waals surface area contributed by atoms with Crippen LogP contribution in [0.2, 0.25) is 0 Å². The number of carbonyl (C=O) groups excluding carboxylic acids is 1. The minimum absolute atomic E-state index is 0.0389. The summed E-state index contributed by atoms with van der Waals surface area (Å²) in [5.74, 6) is -0.0389. The van der Waals surface area contributed by atoms with Crippen molar-refractivity contribution >= 4 is 16.8 Å². The lowest BCUT2D eigenvalue weighted by Gasteiger charge is -2.10. The van der Waals surface area contributed by atoms with Gasteiger partial charge < -0.3 is 15.0 Å². The number of benzene rings is 1. The molecule has 4 heteroatoms. The highest BCUT2D eigenvalue weighted by atomic mass is 16.5. The lowest BCUT2D eigenvalue weighted by molar-refractivity contribution is 0.0859. The van der Waals surface area contributed by atoms with Gasteiger partial charge in [0.05, 0.1) is 11.7 Å². The summed E-state index contributed by atoms with van der Waals surface area (Å²) in [6, 6.07) is 7.80. The number of aromatic nitrogens is 1. The lowest BCUT2D eigenvalue weighted by Crippen LogP contribution is -2.31. The Morgan fingerprint density at radius 1 is 1.44 bits per heavy atom. The molecule has 1 aliphatic rings. The van der Waals surface area contributed by atoms with Gasteiger partial charge in [-0.2, -0.15) is 0 Å². The summed E-state index contributed by atoms with van der Waals surface area (Å²) in [7, 11) is 0. The minimum Gasteiger partial charge on any atom is -0.376 e. The molecule has 1 aromatic heterocycles. The number of H-pyrrole nitrogens is 1. The van der Waals surface area contributed by atoms with E-state index in [9.17, 15) is 4.79 Å². The third-order valence-corrected chi connectivity index (χ3v) is 3.35. The van der Waals surface area contributed by atoms with Crippen LogP contribution >= 0.6 is 0 Å². The zero-order valence-electron chi connectivity index (χ0n) is 10.1. The van der Waals surface area contributed by atoms with Crippen LogP contribution in [-0.4, -0.2) is 30.1 Å². The third kappa shape index (κ3) is 2.11. The van der Waals surface area contributed by atoms with Crippen molar-refractivity contribution in [2.24, 2.45) is 0 Å². The number of rotatable bonds is 3. The number of fused-ring (bicyclic) bond motifs is 1. The number of nitrogens with one attached hydrogen (secondary N) is 2. The molecule has 3 rings (SSSR count). The van der Waals surface area contributed by atoms with Gasteiger partial charge in [0.25, 0.3) is 5.91 Å². The van der Waals surface area contributed by atoms with Gasteiger partial charge in [0.1, 0.15) is 0 Å². The first-order chi connectivity index (χ1) is 8.84. The molecule has 0 bridgehead atoms. The molecular formula is C14H16N2O2. The van der Waals surface area contributed by atoms with Crippen LogP contribution in [0.15, 0.2) is 30.5 Å². The van der Waals surface area contributed by atoms with E-state index in [1.54, 1.807) is 6.20 Å². The fourth-order valence-electron chi connectivity index (χ4n) is 2.37. The van der Waals surface area contributed by atoms with Crippen LogP contribution in [0, 0.1) is 0 Å². The van der Waals surface area contributed by atoms with Crippen molar-refractivity contribution in [2.75, 3.05) is 13.2 Å². The first kappa shape index (κ1) is 11.3. The molecule has 1 atom stereocenters. The highest BCUT2D eigenvalue weighted by Gasteiger charge is 2.17. The predicted octanol–water partition coefficient (Wildman–Crippen LogP) is 2.08. The van der Waals surface area contributed by atoms with E-state index < -0.39 is 0 Å². The molecule has 0 spiro atoms. The summed E-state index contributed by atoms with van der Waals surface area (Å²) >= 11 is 0. The molecule has 94 valence electrons. The largest absolute Gasteiger partial charge is 0.376 e. The molecule has 0 unspecified atom stereocenters. The van der Waals surface area contributed by atoms with E-state index >= 15 is 0 Å². The molecule has 18 heavy (non-hydrogen) atoms. The molecule has 4 nitrogen and oxygen atoms in total. The molecule has 1 aromatic carbocycles. The summed E-state index contributed by atoms with van der Waals surface area (Å²) in [5.41, 5.74) is 1.68. The Labute approximate surface area is 105 Å². The van der Waals surface area contributed by atoms with Gasteiger partial charge in [-0.1, -0.05) is 18.2 Å². The molecular weight excluding hydrogens is 228 g/mol. The molecule has 1 aliphatic heterocycles. The Morgan fingerprint density at radius 2 is 2.33 bits per heavy atom. The summed E-state index contributed by atoms with van der Waals surface area (Å²) in [6.07, 6.45) is 4.07. The van der Waals surface area contributed by atoms with Crippen molar-refractivity contribution in [1.29, 1.82) is 0 Å². The molecule has 0 radical (unpaired) electrons. The van der Waals surface area contributed by atoms with Crippen LogP contribution in [-0.2, 0) is 4.74 Å². The maximum atomic E-state index is 12.1. The summed E-state index contributed by atoms with van der Waals surface area (Å²) in [6.45, 7) is 1.41. The SMILES string of the molecule is O=C(NC[C@@H]1CCCO1)c1c[nH]c2ccccc12. The van der Waals surface area contributed by atoms with Gasteiger partial charge in [-0.3, -0.25) is 4.79 Å². The number of aromatic amines is 1. The zero-order valence-corrected chi connectivity index (χ0v) is 10.1. The van der Waals surface area contributed by atoms with Crippen LogP contribution in [0.4, 0.5) is 0 Å². The maximum Gasteiger partial charge on any atom is 0.253 e. The molecule has 2 aromatic rings. The second-order valence-electron chi connectivity index (χ2n) is 4.59. The van der Waals surface area contributed by atoms with Crippen molar-refractivity contribution in [3.8, 4) is 0 Å². The van der Waals surface area contributed by atoms with Gasteiger partial charge in [0, 0.05) is 30.3 Å². The Balaban J connectivity index is 1.71. The van der Waals surface area contributed by atoms with Gasteiger partial charge in [0.2, 0.25) is 0 Å². The third-order valence-electron chi connectivity index (χ3n) is 3.35. The Kier molecular flexibility index (Phi) is 3.02. The Hall–Kier alpha value is -1.81. The van der Waals surface area contributed by atoms with E-state index in [1.807, 2.05) is 24.3 Å². The second-order valence-corrected chi connectivity index (χ2v) is 4.59. The number of amides is 1. The smallest absolute Gasteiger partial charge is 0.253 e. The molecule has 2 heterocycles. The average Bonchev–Trinajstić information content (AvgIpc) is 3.05. The van der Waals surface area contributed by atoms with E-state index in [0.29, 0.717) is 12.1 Å². The van der Waals surface area contributed by atoms with Gasteiger partial charge >= 0.3 is 0 Å². The van der Waals surface area contributed by atoms with Crippen LogP contribution in [0.25, 0.3) is 10.9 Å². The van der Waals surface area contributed by atoms with Crippen molar-refractivity contribution < 1.29 is 9.53 Å². The van der Waals surface area contributed by atoms with Crippen LogP contribution in [0.5, 0.6) is 0 Å². The van der Waals surface area contributed by atoms with Crippen LogP contribution in [0.3, 0.4) is 0 Å². The second kappa shape index (κ2) is 4.82. The van der Waals surface area contributed by atoms with Gasteiger partial charge in [0.15, 0.2) is 0 Å². The summed E-state index contributed by atoms with van der Waals surface area (Å²) in [5, 5.41) is 3.90. The van der Waals surface area contributed by atoms with Crippen LogP contribution in [0.1, 0.15) is 23.2 Å². The van der Waals surface area contributed by atoms with Crippen molar-refractivity contribution in [1.82, 2.24) is 10.3 Å². The zero-order chi connectivity index (χ0) is 12.4. The fraction of sp³-hybridized carbons (Fsp3) is 0.357. The quantitative estimate of drug-likeness (QED) is 0.868. The van der Waals surface area contributed by atoms with Crippen molar-refractivity contribution in [3.05, 3.63) is 36.0 Å². The van der Waals surface area contributed by atoms with Gasteiger partial charge in [-0.15, -0.1) is 0 Å². The summed E-state index contributed by atoms with van der Waals surface area (Å²) in [4.78, 5) is 15.2. The molecule has 1 saturated heterocycles. The van der Waals surface area contributed by atoms with Crippen LogP contribution < -0.4 is 5.32 Å². The molecule has 0 aliphatic carbocycles. The lowest BCUT2D eigenvalue weighted by atomic mass is 10.1. The molecule has 2 N–H and O–H groups in total. The molecule has 1 fully saturated rings. The first-order valence-electron chi connectivity index (χ1n) is 6.30. The molecule has 1 amide bonds. The minimum atomic E-state index is -0.0389. The van der Waals surface area contributed by atoms with E-state index in [4.69, 9.17) is 4.74 Å². The number of para-hydroxylation sites is 1. The predicted molar refractivity (Wildman–Crippen MR) is 69.6 cm³/mol. The highest BCUT2D eigenvalue weighted by molar-refractivity contribution is 6.06. The van der Waals surface area contributed by atoms with Gasteiger partial charge in [-0.25, -0.2) is 0 Å². The standard InChI is InChI=1S/C14H16N2O2/c17-14(16-8-10-4-3-7-18-10)12-9-15-13-6-2-1-5-11(12)13/h1-2,5-6,9-10,15H,3-4,7-8H2,(H,16,17)/t10-/m0/s1. The topological polar surface area (TPSA) is 54.1 Å². The van der Waals surface area contributed by atoms with Crippen molar-refractivity contribution in [2.45, 2.75) is 18.9 Å². The van der Waals surface area contributed by atoms with E-state index in [1.165, 1.54) is 0 Å². The normalized spacial score (nSPS) is 19.2. The van der Waals surface area contributed by atoms with Gasteiger partial charge in [-0.05, 0) is 18.9 Å². The highest BCUT2D eigenvalue weighted by Crippen LogP contribution is 2.17. The van der Waals surface area contributed by atoms with Crippen molar-refractivity contribution in [3.63, 3.8) is 0 Å².